The number of fused-ring (bicyclic) bond motifs is 1. The van der Waals surface area contributed by atoms with Crippen LogP contribution in [0.25, 0.3) is 11.2 Å². The van der Waals surface area contributed by atoms with Crippen LogP contribution >= 0.6 is 0 Å². The minimum absolute atomic E-state index is 0. The molecule has 0 aliphatic heterocycles. The summed E-state index contributed by atoms with van der Waals surface area (Å²) in [6.07, 6.45) is 1.63. The zero-order chi connectivity index (χ0) is 18.5. The van der Waals surface area contributed by atoms with Gasteiger partial charge in [-0.2, -0.15) is 0 Å². The maximum Gasteiger partial charge on any atom is 1.00 e. The van der Waals surface area contributed by atoms with Crippen LogP contribution in [-0.2, 0) is 16.6 Å². The fraction of sp³-hybridized carbons (Fsp3) is 0.278. The first kappa shape index (κ1) is 21.4. The van der Waals surface area contributed by atoms with Crippen molar-refractivity contribution < 1.29 is 43.2 Å². The molecule has 7 nitrogen and oxygen atoms in total. The number of methoxy groups -OCH3 is 1. The normalized spacial score (nSPS) is 11.2. The van der Waals surface area contributed by atoms with Gasteiger partial charge in [0.2, 0.25) is 0 Å². The molecular weight excluding hydrogens is 375 g/mol. The predicted octanol–water partition coefficient (Wildman–Crippen LogP) is -0.987. The van der Waals surface area contributed by atoms with Crippen LogP contribution in [0.4, 0.5) is 0 Å². The number of pyridine rings is 2. The summed E-state index contributed by atoms with van der Waals surface area (Å²) in [5.41, 5.74) is 2.50. The topological polar surface area (TPSA) is 88.3 Å². The molecule has 0 amide bonds. The van der Waals surface area contributed by atoms with Gasteiger partial charge < -0.3 is 24.4 Å². The zero-order valence-electron chi connectivity index (χ0n) is 15.6. The Balaban J connectivity index is 0.00000261. The van der Waals surface area contributed by atoms with Crippen LogP contribution < -0.4 is 44.0 Å². The van der Waals surface area contributed by atoms with Crippen molar-refractivity contribution in [2.45, 2.75) is 24.8 Å². The monoisotopic (exact) mass is 392 g/mol. The van der Waals surface area contributed by atoms with Crippen molar-refractivity contribution in [3.05, 3.63) is 35.7 Å². The van der Waals surface area contributed by atoms with Gasteiger partial charge in [-0.1, -0.05) is 5.92 Å². The van der Waals surface area contributed by atoms with Crippen LogP contribution in [0.2, 0.25) is 0 Å². The van der Waals surface area contributed by atoms with Crippen molar-refractivity contribution >= 4 is 22.0 Å². The molecule has 134 valence electrons. The third-order valence-corrected chi connectivity index (χ3v) is 4.79. The summed E-state index contributed by atoms with van der Waals surface area (Å²) in [6, 6.07) is 5.19. The second-order valence-electron chi connectivity index (χ2n) is 5.29. The Morgan fingerprint density at radius 3 is 2.81 bits per heavy atom. The van der Waals surface area contributed by atoms with Crippen molar-refractivity contribution in [3.8, 4) is 23.5 Å². The van der Waals surface area contributed by atoms with Crippen LogP contribution in [-0.4, -0.2) is 32.9 Å². The maximum atomic E-state index is 12.7. The van der Waals surface area contributed by atoms with Gasteiger partial charge in [-0.25, -0.2) is 0 Å². The molecule has 27 heavy (non-hydrogen) atoms. The van der Waals surface area contributed by atoms with Crippen molar-refractivity contribution in [2.24, 2.45) is 0 Å². The van der Waals surface area contributed by atoms with Crippen LogP contribution in [0.1, 0.15) is 18.2 Å². The van der Waals surface area contributed by atoms with Gasteiger partial charge in [-0.3, -0.25) is 9.19 Å². The van der Waals surface area contributed by atoms with Crippen LogP contribution in [0.15, 0.2) is 29.6 Å². The average molecular weight is 392 g/mol. The summed E-state index contributed by atoms with van der Waals surface area (Å²) in [5, 5.41) is 0.224. The molecular formula is C18H17N4NaO3S. The molecule has 0 radical (unpaired) electrons. The van der Waals surface area contributed by atoms with Crippen LogP contribution in [0, 0.1) is 18.8 Å². The van der Waals surface area contributed by atoms with Gasteiger partial charge in [0, 0.05) is 22.9 Å². The van der Waals surface area contributed by atoms with Crippen LogP contribution in [0.5, 0.6) is 11.6 Å². The van der Waals surface area contributed by atoms with E-state index in [0.29, 0.717) is 28.5 Å². The molecule has 0 saturated carbocycles. The van der Waals surface area contributed by atoms with Crippen molar-refractivity contribution in [3.63, 3.8) is 0 Å². The molecule has 9 heteroatoms. The Morgan fingerprint density at radius 1 is 1.26 bits per heavy atom. The fourth-order valence-electron chi connectivity index (χ4n) is 2.29. The van der Waals surface area contributed by atoms with E-state index in [1.807, 2.05) is 6.92 Å². The van der Waals surface area contributed by atoms with E-state index in [4.69, 9.17) is 9.47 Å². The molecule has 3 aromatic rings. The van der Waals surface area contributed by atoms with Gasteiger partial charge in [-0.05, 0) is 32.0 Å². The first-order valence-electron chi connectivity index (χ1n) is 7.83. The Kier molecular flexibility index (Phi) is 7.80. The van der Waals surface area contributed by atoms with Gasteiger partial charge in [0.05, 0.1) is 34.5 Å². The molecule has 0 fully saturated rings. The third-order valence-electron chi connectivity index (χ3n) is 3.67. The largest absolute Gasteiger partial charge is 1.00 e. The van der Waals surface area contributed by atoms with E-state index in [-0.39, 0.29) is 47.1 Å². The van der Waals surface area contributed by atoms with Gasteiger partial charge in [0.25, 0.3) is 0 Å². The molecule has 0 aliphatic carbocycles. The Morgan fingerprint density at radius 2 is 2.07 bits per heavy atom. The molecule has 0 saturated heterocycles. The number of hydrogen-bond acceptors (Lipinski definition) is 6. The summed E-state index contributed by atoms with van der Waals surface area (Å²) in [7, 11) is 0.146. The second kappa shape index (κ2) is 9.85. The third kappa shape index (κ3) is 5.08. The fourth-order valence-corrected chi connectivity index (χ4v) is 3.35. The molecule has 0 aliphatic rings. The summed E-state index contributed by atoms with van der Waals surface area (Å²) >= 11 is 0. The summed E-state index contributed by atoms with van der Waals surface area (Å²) in [4.78, 5) is 17.1. The smallest absolute Gasteiger partial charge is 0.496 e. The number of ether oxygens (including phenoxy) is 2. The molecule has 1 atom stereocenters. The zero-order valence-corrected chi connectivity index (χ0v) is 18.5. The van der Waals surface area contributed by atoms with E-state index in [1.165, 1.54) is 0 Å². The molecule has 0 aromatic carbocycles. The number of rotatable bonds is 6. The second-order valence-corrected chi connectivity index (χ2v) is 6.63. The number of aromatic nitrogens is 4. The van der Waals surface area contributed by atoms with E-state index >= 15 is 0 Å². The maximum absolute atomic E-state index is 12.7. The van der Waals surface area contributed by atoms with E-state index in [1.54, 1.807) is 38.4 Å². The Labute approximate surface area is 182 Å². The minimum Gasteiger partial charge on any atom is -0.496 e. The molecule has 0 bridgehead atoms. The molecule has 3 heterocycles. The summed E-state index contributed by atoms with van der Waals surface area (Å²) in [5.74, 6) is 6.86. The van der Waals surface area contributed by atoms with Gasteiger partial charge >= 0.3 is 29.6 Å². The van der Waals surface area contributed by atoms with Crippen molar-refractivity contribution in [2.75, 3.05) is 13.7 Å². The number of nitrogens with zero attached hydrogens (tertiary/aromatic N) is 4. The first-order valence-corrected chi connectivity index (χ1v) is 9.15. The van der Waals surface area contributed by atoms with E-state index < -0.39 is 10.8 Å². The molecule has 0 spiro atoms. The van der Waals surface area contributed by atoms with E-state index in [9.17, 15) is 4.21 Å². The number of imidazole rings is 1. The summed E-state index contributed by atoms with van der Waals surface area (Å²) < 4.78 is 23.3. The predicted molar refractivity (Wildman–Crippen MR) is 97.4 cm³/mol. The number of hydrogen-bond donors (Lipinski definition) is 0. The Bertz CT molecular complexity index is 1030. The average Bonchev–Trinajstić information content (AvgIpc) is 3.07. The van der Waals surface area contributed by atoms with Crippen molar-refractivity contribution in [1.82, 2.24) is 19.9 Å². The van der Waals surface area contributed by atoms with Gasteiger partial charge in [0.1, 0.15) is 18.2 Å². The SMILES string of the molecule is CC#CCOc1ccc2nc(S(=O)Cc3nccc(OC)c3C)[n-]c2n1.[Na+]. The standard InChI is InChI=1S/C18H17N4O3S.Na/c1-4-5-10-25-16-7-6-13-17(21-16)22-18(20-13)26(23)11-14-12(2)15(24-3)8-9-19-14;/h6-9H,10-11H2,1-3H3;/q-1;+1. The minimum atomic E-state index is -1.44. The first-order chi connectivity index (χ1) is 12.6. The Hall–Kier alpha value is -1.92. The summed E-state index contributed by atoms with van der Waals surface area (Å²) in [6.45, 7) is 3.87. The van der Waals surface area contributed by atoms with Crippen molar-refractivity contribution in [1.29, 1.82) is 0 Å². The van der Waals surface area contributed by atoms with Gasteiger partial charge in [0.15, 0.2) is 0 Å². The molecule has 3 aromatic heterocycles. The molecule has 0 N–H and O–H groups in total. The quantitative estimate of drug-likeness (QED) is 0.393. The molecule has 1 unspecified atom stereocenters. The van der Waals surface area contributed by atoms with Crippen LogP contribution in [0.3, 0.4) is 0 Å². The van der Waals surface area contributed by atoms with E-state index in [0.717, 1.165) is 5.56 Å². The van der Waals surface area contributed by atoms with E-state index in [2.05, 4.69) is 31.8 Å². The molecule has 3 rings (SSSR count). The van der Waals surface area contributed by atoms with Gasteiger partial charge in [-0.15, -0.1) is 5.92 Å².